The van der Waals surface area contributed by atoms with Gasteiger partial charge in [-0.3, -0.25) is 4.79 Å². The van der Waals surface area contributed by atoms with Crippen LogP contribution in [0.25, 0.3) is 0 Å². The van der Waals surface area contributed by atoms with Crippen molar-refractivity contribution in [3.63, 3.8) is 0 Å². The van der Waals surface area contributed by atoms with Crippen LogP contribution in [0.4, 0.5) is 0 Å². The molecule has 0 unspecified atom stereocenters. The summed E-state index contributed by atoms with van der Waals surface area (Å²) in [5, 5.41) is 16.3. The molecule has 0 saturated carbocycles. The van der Waals surface area contributed by atoms with E-state index in [9.17, 15) is 9.90 Å². The molecule has 1 amide bonds. The predicted molar refractivity (Wildman–Crippen MR) is 77.3 cm³/mol. The molecule has 2 N–H and O–H groups in total. The molecule has 0 fully saturated rings. The summed E-state index contributed by atoms with van der Waals surface area (Å²) in [6.07, 6.45) is 0.481. The molecule has 1 aromatic heterocycles. The Morgan fingerprint density at radius 2 is 2.19 bits per heavy atom. The van der Waals surface area contributed by atoms with Crippen LogP contribution in [0.2, 0.25) is 0 Å². The molecule has 6 heteroatoms. The maximum atomic E-state index is 11.9. The summed E-state index contributed by atoms with van der Waals surface area (Å²) < 4.78 is 5.09. The van der Waals surface area contributed by atoms with Gasteiger partial charge in [0.1, 0.15) is 5.75 Å². The zero-order chi connectivity index (χ0) is 15.4. The summed E-state index contributed by atoms with van der Waals surface area (Å²) in [7, 11) is 0. The minimum atomic E-state index is -0.319. The number of hydrogen-bond acceptors (Lipinski definition) is 5. The number of rotatable bonds is 5. The zero-order valence-corrected chi connectivity index (χ0v) is 12.4. The van der Waals surface area contributed by atoms with Gasteiger partial charge in [-0.05, 0) is 24.6 Å². The van der Waals surface area contributed by atoms with Crippen molar-refractivity contribution in [2.45, 2.75) is 33.1 Å². The maximum Gasteiger partial charge on any atom is 0.255 e. The molecular formula is C15H19N3O3. The number of phenols is 1. The molecule has 0 aliphatic heterocycles. The third kappa shape index (κ3) is 3.81. The second-order valence-electron chi connectivity index (χ2n) is 5.23. The number of benzene rings is 1. The Hall–Kier alpha value is -2.37. The first-order valence-electron chi connectivity index (χ1n) is 6.87. The number of carbonyl (C=O) groups is 1. The number of aryl methyl sites for hydroxylation is 1. The first-order valence-corrected chi connectivity index (χ1v) is 6.87. The molecule has 21 heavy (non-hydrogen) atoms. The molecule has 1 heterocycles. The van der Waals surface area contributed by atoms with E-state index in [1.54, 1.807) is 18.2 Å². The molecule has 2 rings (SSSR count). The molecule has 6 nitrogen and oxygen atoms in total. The second-order valence-corrected chi connectivity index (χ2v) is 5.23. The number of nitrogens with one attached hydrogen (secondary N) is 1. The Morgan fingerprint density at radius 1 is 1.43 bits per heavy atom. The second kappa shape index (κ2) is 6.39. The fourth-order valence-electron chi connectivity index (χ4n) is 1.82. The van der Waals surface area contributed by atoms with Crippen molar-refractivity contribution in [1.82, 2.24) is 15.5 Å². The van der Waals surface area contributed by atoms with Crippen molar-refractivity contribution in [2.75, 3.05) is 6.54 Å². The molecule has 0 spiro atoms. The molecule has 0 saturated heterocycles. The van der Waals surface area contributed by atoms with Gasteiger partial charge in [0.15, 0.2) is 5.82 Å². The van der Waals surface area contributed by atoms with E-state index < -0.39 is 0 Å². The van der Waals surface area contributed by atoms with Crippen LogP contribution in [0.15, 0.2) is 22.7 Å². The van der Waals surface area contributed by atoms with E-state index in [1.807, 2.05) is 20.8 Å². The van der Waals surface area contributed by atoms with Gasteiger partial charge >= 0.3 is 0 Å². The number of aromatic hydroxyl groups is 1. The average Bonchev–Trinajstić information content (AvgIpc) is 2.87. The Morgan fingerprint density at radius 3 is 2.81 bits per heavy atom. The minimum absolute atomic E-state index is 0.0193. The van der Waals surface area contributed by atoms with Crippen LogP contribution in [-0.2, 0) is 6.42 Å². The summed E-state index contributed by atoms with van der Waals surface area (Å²) in [6, 6.07) is 4.94. The molecule has 0 radical (unpaired) electrons. The average molecular weight is 289 g/mol. The highest BCUT2D eigenvalue weighted by Crippen LogP contribution is 2.18. The molecule has 0 atom stereocenters. The highest BCUT2D eigenvalue weighted by molar-refractivity contribution is 5.96. The van der Waals surface area contributed by atoms with Crippen molar-refractivity contribution >= 4 is 5.91 Å². The summed E-state index contributed by atoms with van der Waals surface area (Å²) in [6.45, 7) is 6.17. The van der Waals surface area contributed by atoms with Crippen molar-refractivity contribution in [3.05, 3.63) is 41.0 Å². The summed E-state index contributed by atoms with van der Waals surface area (Å²) in [5.74, 6) is 0.999. The first kappa shape index (κ1) is 15.0. The van der Waals surface area contributed by atoms with E-state index in [1.165, 1.54) is 0 Å². The lowest BCUT2D eigenvalue weighted by atomic mass is 10.1. The number of aromatic nitrogens is 2. The van der Waals surface area contributed by atoms with Crippen LogP contribution >= 0.6 is 0 Å². The fourth-order valence-corrected chi connectivity index (χ4v) is 1.82. The van der Waals surface area contributed by atoms with E-state index in [0.29, 0.717) is 24.7 Å². The largest absolute Gasteiger partial charge is 0.507 e. The van der Waals surface area contributed by atoms with E-state index in [4.69, 9.17) is 4.52 Å². The van der Waals surface area contributed by atoms with Gasteiger partial charge in [-0.25, -0.2) is 0 Å². The van der Waals surface area contributed by atoms with Crippen LogP contribution in [0, 0.1) is 6.92 Å². The van der Waals surface area contributed by atoms with Gasteiger partial charge in [0, 0.05) is 18.9 Å². The first-order chi connectivity index (χ1) is 9.97. The molecule has 2 aromatic rings. The van der Waals surface area contributed by atoms with Crippen molar-refractivity contribution in [2.24, 2.45) is 0 Å². The summed E-state index contributed by atoms with van der Waals surface area (Å²) >= 11 is 0. The highest BCUT2D eigenvalue weighted by Gasteiger charge is 2.12. The number of phenolic OH excluding ortho intramolecular Hbond substituents is 1. The standard InChI is InChI=1S/C15H19N3O3/c1-9(2)15-17-13(18-21-15)6-7-16-14(20)11-5-4-10(3)8-12(11)19/h4-5,8-9,19H,6-7H2,1-3H3,(H,16,20). The molecule has 112 valence electrons. The number of hydrogen-bond donors (Lipinski definition) is 2. The van der Waals surface area contributed by atoms with Crippen LogP contribution in [0.1, 0.15) is 47.4 Å². The number of nitrogens with zero attached hydrogens (tertiary/aromatic N) is 2. The van der Waals surface area contributed by atoms with Gasteiger partial charge in [-0.15, -0.1) is 0 Å². The van der Waals surface area contributed by atoms with Crippen LogP contribution in [-0.4, -0.2) is 27.7 Å². The van der Waals surface area contributed by atoms with Crippen molar-refractivity contribution in [1.29, 1.82) is 0 Å². The lowest BCUT2D eigenvalue weighted by molar-refractivity contribution is 0.0951. The smallest absolute Gasteiger partial charge is 0.255 e. The summed E-state index contributed by atoms with van der Waals surface area (Å²) in [4.78, 5) is 16.2. The van der Waals surface area contributed by atoms with Crippen LogP contribution in [0.5, 0.6) is 5.75 Å². The Labute approximate surface area is 123 Å². The summed E-state index contributed by atoms with van der Waals surface area (Å²) in [5.41, 5.74) is 1.16. The van der Waals surface area contributed by atoms with Crippen molar-refractivity contribution < 1.29 is 14.4 Å². The van der Waals surface area contributed by atoms with Gasteiger partial charge in [-0.1, -0.05) is 25.1 Å². The van der Waals surface area contributed by atoms with Gasteiger partial charge in [0.2, 0.25) is 5.89 Å². The quantitative estimate of drug-likeness (QED) is 0.880. The maximum absolute atomic E-state index is 11.9. The monoisotopic (exact) mass is 289 g/mol. The lowest BCUT2D eigenvalue weighted by Gasteiger charge is -2.06. The molecule has 0 aliphatic rings. The third-order valence-corrected chi connectivity index (χ3v) is 3.01. The lowest BCUT2D eigenvalue weighted by Crippen LogP contribution is -2.26. The number of carbonyl (C=O) groups excluding carboxylic acids is 1. The normalized spacial score (nSPS) is 10.9. The highest BCUT2D eigenvalue weighted by atomic mass is 16.5. The zero-order valence-electron chi connectivity index (χ0n) is 12.4. The van der Waals surface area contributed by atoms with Crippen LogP contribution < -0.4 is 5.32 Å². The van der Waals surface area contributed by atoms with E-state index in [2.05, 4.69) is 15.5 Å². The Kier molecular flexibility index (Phi) is 4.57. The third-order valence-electron chi connectivity index (χ3n) is 3.01. The molecule has 1 aromatic carbocycles. The Balaban J connectivity index is 1.89. The van der Waals surface area contributed by atoms with Gasteiger partial charge in [0.05, 0.1) is 5.56 Å². The molecular weight excluding hydrogens is 270 g/mol. The predicted octanol–water partition coefficient (Wildman–Crippen LogP) is 2.18. The van der Waals surface area contributed by atoms with Crippen LogP contribution in [0.3, 0.4) is 0 Å². The number of amides is 1. The molecule has 0 aliphatic carbocycles. The van der Waals surface area contributed by atoms with Gasteiger partial charge in [0.25, 0.3) is 5.91 Å². The van der Waals surface area contributed by atoms with Gasteiger partial charge < -0.3 is 14.9 Å². The van der Waals surface area contributed by atoms with Crippen molar-refractivity contribution in [3.8, 4) is 5.75 Å². The minimum Gasteiger partial charge on any atom is -0.507 e. The van der Waals surface area contributed by atoms with E-state index >= 15 is 0 Å². The van der Waals surface area contributed by atoms with E-state index in [0.717, 1.165) is 5.56 Å². The fraction of sp³-hybridized carbons (Fsp3) is 0.400. The SMILES string of the molecule is Cc1ccc(C(=O)NCCc2noc(C(C)C)n2)c(O)c1. The van der Waals surface area contributed by atoms with E-state index in [-0.39, 0.29) is 23.1 Å². The Bertz CT molecular complexity index is 635. The topological polar surface area (TPSA) is 88.3 Å². The van der Waals surface area contributed by atoms with Gasteiger partial charge in [-0.2, -0.15) is 4.98 Å². The molecule has 0 bridgehead atoms.